The summed E-state index contributed by atoms with van der Waals surface area (Å²) in [5.41, 5.74) is 5.12. The molecule has 21 heavy (non-hydrogen) atoms. The fraction of sp³-hybridized carbons (Fsp3) is 0.786. The van der Waals surface area contributed by atoms with E-state index in [2.05, 4.69) is 5.32 Å². The lowest BCUT2D eigenvalue weighted by molar-refractivity contribution is -0.154. The first-order valence-corrected chi connectivity index (χ1v) is 7.31. The molecule has 1 fully saturated rings. The zero-order valence-electron chi connectivity index (χ0n) is 12.8. The fourth-order valence-electron chi connectivity index (χ4n) is 2.70. The summed E-state index contributed by atoms with van der Waals surface area (Å²) in [7, 11) is 0. The smallest absolute Gasteiger partial charge is 0.326 e. The first-order chi connectivity index (χ1) is 9.72. The number of amides is 3. The molecule has 1 heterocycles. The number of hydrogen-bond donors (Lipinski definition) is 3. The molecular weight excluding hydrogens is 274 g/mol. The van der Waals surface area contributed by atoms with Crippen LogP contribution in [0.25, 0.3) is 0 Å². The fourth-order valence-corrected chi connectivity index (χ4v) is 2.70. The summed E-state index contributed by atoms with van der Waals surface area (Å²) < 4.78 is 0. The number of likely N-dealkylation sites (tertiary alicyclic amines) is 1. The summed E-state index contributed by atoms with van der Waals surface area (Å²) >= 11 is 0. The predicted molar refractivity (Wildman–Crippen MR) is 77.5 cm³/mol. The molecule has 3 amide bonds. The van der Waals surface area contributed by atoms with Gasteiger partial charge in [-0.15, -0.1) is 0 Å². The van der Waals surface area contributed by atoms with Crippen LogP contribution in [-0.2, 0) is 9.59 Å². The Balaban J connectivity index is 2.89. The second-order valence-electron chi connectivity index (χ2n) is 6.21. The number of carbonyl (C=O) groups is 3. The number of nitrogens with two attached hydrogens (primary N) is 1. The van der Waals surface area contributed by atoms with E-state index in [1.54, 1.807) is 0 Å². The first-order valence-electron chi connectivity index (χ1n) is 7.31. The first kappa shape index (κ1) is 17.3. The molecule has 1 aliphatic heterocycles. The number of urea groups is 1. The normalized spacial score (nSPS) is 23.7. The van der Waals surface area contributed by atoms with E-state index < -0.39 is 24.1 Å². The zero-order chi connectivity index (χ0) is 16.2. The number of carboxylic acid groups (broad SMARTS) is 1. The van der Waals surface area contributed by atoms with E-state index in [-0.39, 0.29) is 17.7 Å². The van der Waals surface area contributed by atoms with E-state index in [9.17, 15) is 19.5 Å². The van der Waals surface area contributed by atoms with Gasteiger partial charge in [-0.2, -0.15) is 0 Å². The quantitative estimate of drug-likeness (QED) is 0.696. The number of rotatable bonds is 5. The molecule has 120 valence electrons. The second kappa shape index (κ2) is 7.28. The third-order valence-electron chi connectivity index (χ3n) is 3.75. The number of carboxylic acids is 1. The molecule has 1 aliphatic rings. The predicted octanol–water partition coefficient (Wildman–Crippen LogP) is 0.781. The van der Waals surface area contributed by atoms with Gasteiger partial charge >= 0.3 is 12.0 Å². The van der Waals surface area contributed by atoms with E-state index >= 15 is 0 Å². The summed E-state index contributed by atoms with van der Waals surface area (Å²) in [4.78, 5) is 36.4. The molecule has 1 saturated heterocycles. The maximum Gasteiger partial charge on any atom is 0.326 e. The third-order valence-corrected chi connectivity index (χ3v) is 3.75. The average Bonchev–Trinajstić information content (AvgIpc) is 2.35. The Kier molecular flexibility index (Phi) is 5.99. The van der Waals surface area contributed by atoms with Crippen molar-refractivity contribution in [2.45, 2.75) is 52.1 Å². The van der Waals surface area contributed by atoms with Gasteiger partial charge in [-0.25, -0.2) is 9.59 Å². The molecule has 0 aliphatic carbocycles. The molecular formula is C14H25N3O4. The van der Waals surface area contributed by atoms with Crippen LogP contribution in [0.3, 0.4) is 0 Å². The Morgan fingerprint density at radius 2 is 2.00 bits per heavy atom. The van der Waals surface area contributed by atoms with Gasteiger partial charge in [-0.05, 0) is 31.1 Å². The molecule has 0 aromatic carbocycles. The van der Waals surface area contributed by atoms with Crippen molar-refractivity contribution in [1.29, 1.82) is 0 Å². The highest BCUT2D eigenvalue weighted by Gasteiger charge is 2.37. The van der Waals surface area contributed by atoms with Crippen molar-refractivity contribution in [2.75, 3.05) is 6.54 Å². The van der Waals surface area contributed by atoms with Crippen LogP contribution in [0.15, 0.2) is 0 Å². The lowest BCUT2D eigenvalue weighted by Gasteiger charge is -2.38. The van der Waals surface area contributed by atoms with Crippen molar-refractivity contribution in [3.63, 3.8) is 0 Å². The van der Waals surface area contributed by atoms with Crippen molar-refractivity contribution >= 4 is 17.9 Å². The molecule has 3 atom stereocenters. The number of nitrogens with zero attached hydrogens (tertiary/aromatic N) is 1. The van der Waals surface area contributed by atoms with Crippen LogP contribution in [0.5, 0.6) is 0 Å². The Hall–Kier alpha value is -1.79. The second-order valence-corrected chi connectivity index (χ2v) is 6.21. The highest BCUT2D eigenvalue weighted by molar-refractivity contribution is 5.90. The van der Waals surface area contributed by atoms with E-state index in [1.165, 1.54) is 4.90 Å². The number of hydrogen-bond acceptors (Lipinski definition) is 3. The van der Waals surface area contributed by atoms with Gasteiger partial charge in [0.1, 0.15) is 12.1 Å². The van der Waals surface area contributed by atoms with Gasteiger partial charge in [0.2, 0.25) is 5.91 Å². The Morgan fingerprint density at radius 1 is 1.38 bits per heavy atom. The Morgan fingerprint density at radius 3 is 2.48 bits per heavy atom. The van der Waals surface area contributed by atoms with E-state index in [0.29, 0.717) is 19.4 Å². The zero-order valence-corrected chi connectivity index (χ0v) is 12.8. The summed E-state index contributed by atoms with van der Waals surface area (Å²) in [5.74, 6) is -0.917. The molecule has 4 N–H and O–H groups in total. The lowest BCUT2D eigenvalue weighted by Crippen LogP contribution is -2.57. The number of aliphatic carboxylic acids is 1. The van der Waals surface area contributed by atoms with E-state index in [0.717, 1.165) is 6.42 Å². The molecule has 7 nitrogen and oxygen atoms in total. The molecule has 1 rings (SSSR count). The van der Waals surface area contributed by atoms with Crippen molar-refractivity contribution in [3.05, 3.63) is 0 Å². The third kappa shape index (κ3) is 4.91. The molecule has 0 aromatic rings. The van der Waals surface area contributed by atoms with Gasteiger partial charge in [-0.3, -0.25) is 4.79 Å². The minimum absolute atomic E-state index is 0.179. The lowest BCUT2D eigenvalue weighted by atomic mass is 9.91. The van der Waals surface area contributed by atoms with Gasteiger partial charge in [0.05, 0.1) is 0 Å². The largest absolute Gasteiger partial charge is 0.480 e. The topological polar surface area (TPSA) is 113 Å². The number of piperidine rings is 1. The molecule has 0 saturated carbocycles. The SMILES string of the molecule is CC(C)CC(NC(N)=O)C(=O)N1CCC(C)CC1C(=O)O. The summed E-state index contributed by atoms with van der Waals surface area (Å²) in [6.07, 6.45) is 1.63. The van der Waals surface area contributed by atoms with Gasteiger partial charge in [0.15, 0.2) is 0 Å². The monoisotopic (exact) mass is 299 g/mol. The molecule has 0 bridgehead atoms. The number of carbonyl (C=O) groups excluding carboxylic acids is 2. The highest BCUT2D eigenvalue weighted by atomic mass is 16.4. The Labute approximate surface area is 124 Å². The van der Waals surface area contributed by atoms with Crippen LogP contribution in [-0.4, -0.2) is 46.5 Å². The minimum Gasteiger partial charge on any atom is -0.480 e. The standard InChI is InChI=1S/C14H25N3O4/c1-8(2)6-10(16-14(15)21)12(18)17-5-4-9(3)7-11(17)13(19)20/h8-11H,4-7H2,1-3H3,(H,19,20)(H3,15,16,21). The molecule has 0 spiro atoms. The van der Waals surface area contributed by atoms with Crippen molar-refractivity contribution < 1.29 is 19.5 Å². The van der Waals surface area contributed by atoms with E-state index in [4.69, 9.17) is 5.73 Å². The van der Waals surface area contributed by atoms with Gasteiger partial charge < -0.3 is 21.1 Å². The van der Waals surface area contributed by atoms with Crippen molar-refractivity contribution in [1.82, 2.24) is 10.2 Å². The average molecular weight is 299 g/mol. The highest BCUT2D eigenvalue weighted by Crippen LogP contribution is 2.24. The van der Waals surface area contributed by atoms with Crippen LogP contribution < -0.4 is 11.1 Å². The van der Waals surface area contributed by atoms with Crippen LogP contribution in [0.2, 0.25) is 0 Å². The van der Waals surface area contributed by atoms with Gasteiger partial charge in [-0.1, -0.05) is 20.8 Å². The molecule has 7 heteroatoms. The van der Waals surface area contributed by atoms with Crippen LogP contribution >= 0.6 is 0 Å². The summed E-state index contributed by atoms with van der Waals surface area (Å²) in [6, 6.07) is -2.37. The molecule has 3 unspecified atom stereocenters. The van der Waals surface area contributed by atoms with Crippen LogP contribution in [0.4, 0.5) is 4.79 Å². The summed E-state index contributed by atoms with van der Waals surface area (Å²) in [5, 5.41) is 11.7. The number of nitrogens with one attached hydrogen (secondary N) is 1. The van der Waals surface area contributed by atoms with E-state index in [1.807, 2.05) is 20.8 Å². The maximum absolute atomic E-state index is 12.6. The van der Waals surface area contributed by atoms with Crippen molar-refractivity contribution in [3.8, 4) is 0 Å². The van der Waals surface area contributed by atoms with Gasteiger partial charge in [0, 0.05) is 6.54 Å². The Bertz CT molecular complexity index is 411. The number of primary amides is 1. The van der Waals surface area contributed by atoms with Gasteiger partial charge in [0.25, 0.3) is 0 Å². The summed E-state index contributed by atoms with van der Waals surface area (Å²) in [6.45, 7) is 6.23. The minimum atomic E-state index is -1.00. The van der Waals surface area contributed by atoms with Crippen molar-refractivity contribution in [2.24, 2.45) is 17.6 Å². The van der Waals surface area contributed by atoms with Crippen LogP contribution in [0.1, 0.15) is 40.0 Å². The molecule has 0 aromatic heterocycles. The molecule has 0 radical (unpaired) electrons. The maximum atomic E-state index is 12.6. The van der Waals surface area contributed by atoms with Crippen LogP contribution in [0, 0.1) is 11.8 Å².